The van der Waals surface area contributed by atoms with Gasteiger partial charge in [-0.1, -0.05) is 35.9 Å². The normalized spacial score (nSPS) is 12.7. The Morgan fingerprint density at radius 2 is 2.00 bits per heavy atom. The van der Waals surface area contributed by atoms with Crippen molar-refractivity contribution in [3.05, 3.63) is 51.8 Å². The van der Waals surface area contributed by atoms with Gasteiger partial charge in [0.2, 0.25) is 0 Å². The summed E-state index contributed by atoms with van der Waals surface area (Å²) in [5.41, 5.74) is 4.72. The molecule has 1 aromatic heterocycles. The number of aryl methyl sites for hydroxylation is 3. The second-order valence-corrected chi connectivity index (χ2v) is 5.24. The first-order valence-corrected chi connectivity index (χ1v) is 6.83. The van der Waals surface area contributed by atoms with Crippen LogP contribution in [0.2, 0.25) is 5.15 Å². The second-order valence-electron chi connectivity index (χ2n) is 4.88. The van der Waals surface area contributed by atoms with Crippen LogP contribution in [-0.2, 0) is 13.5 Å². The molecule has 0 saturated carbocycles. The fourth-order valence-corrected chi connectivity index (χ4v) is 2.71. The molecule has 102 valence electrons. The smallest absolute Gasteiger partial charge is 0.130 e. The number of nitrogens with zero attached hydrogens (tertiary/aromatic N) is 2. The summed E-state index contributed by atoms with van der Waals surface area (Å²) in [5, 5.41) is 8.47. The summed E-state index contributed by atoms with van der Waals surface area (Å²) in [6.07, 6.45) is 0.847. The van der Waals surface area contributed by atoms with Crippen molar-refractivity contribution in [1.29, 1.82) is 0 Å². The molecule has 1 atom stereocenters. The monoisotopic (exact) mass is 277 g/mol. The van der Waals surface area contributed by atoms with Crippen LogP contribution in [0, 0.1) is 13.8 Å². The van der Waals surface area contributed by atoms with Crippen LogP contribution in [0.15, 0.2) is 24.3 Å². The molecule has 0 aliphatic rings. The molecule has 1 N–H and O–H groups in total. The summed E-state index contributed by atoms with van der Waals surface area (Å²) < 4.78 is 1.73. The van der Waals surface area contributed by atoms with Crippen molar-refractivity contribution in [1.82, 2.24) is 15.1 Å². The van der Waals surface area contributed by atoms with Gasteiger partial charge in [0.1, 0.15) is 5.15 Å². The first-order chi connectivity index (χ1) is 9.04. The molecule has 4 heteroatoms. The van der Waals surface area contributed by atoms with E-state index in [1.165, 1.54) is 11.1 Å². The molecule has 2 aromatic rings. The predicted molar refractivity (Wildman–Crippen MR) is 79.6 cm³/mol. The molecule has 1 heterocycles. The maximum Gasteiger partial charge on any atom is 0.130 e. The summed E-state index contributed by atoms with van der Waals surface area (Å²) in [5.74, 6) is 0. The summed E-state index contributed by atoms with van der Waals surface area (Å²) in [6.45, 7) is 4.14. The van der Waals surface area contributed by atoms with Crippen molar-refractivity contribution in [2.24, 2.45) is 7.05 Å². The highest BCUT2D eigenvalue weighted by Gasteiger charge is 2.18. The van der Waals surface area contributed by atoms with Crippen molar-refractivity contribution >= 4 is 11.6 Å². The Morgan fingerprint density at radius 3 is 2.53 bits per heavy atom. The standard InChI is InChI=1S/C15H20ClN3/c1-10-7-5-6-8-12(10)14(17-3)9-13-11(2)18-19(4)15(13)16/h5-8,14,17H,9H2,1-4H3. The van der Waals surface area contributed by atoms with E-state index in [2.05, 4.69) is 41.6 Å². The van der Waals surface area contributed by atoms with E-state index in [0.29, 0.717) is 0 Å². The fourth-order valence-electron chi connectivity index (χ4n) is 2.46. The quantitative estimate of drug-likeness (QED) is 0.930. The van der Waals surface area contributed by atoms with E-state index >= 15 is 0 Å². The number of rotatable bonds is 4. The van der Waals surface area contributed by atoms with Crippen molar-refractivity contribution in [3.63, 3.8) is 0 Å². The van der Waals surface area contributed by atoms with Gasteiger partial charge >= 0.3 is 0 Å². The molecule has 0 amide bonds. The average molecular weight is 278 g/mol. The number of aromatic nitrogens is 2. The zero-order chi connectivity index (χ0) is 14.0. The Morgan fingerprint density at radius 1 is 1.32 bits per heavy atom. The molecule has 2 rings (SSSR count). The van der Waals surface area contributed by atoms with Gasteiger partial charge in [0.05, 0.1) is 5.69 Å². The largest absolute Gasteiger partial charge is 0.313 e. The molecule has 1 aromatic carbocycles. The van der Waals surface area contributed by atoms with E-state index in [1.54, 1.807) is 4.68 Å². The molecule has 0 bridgehead atoms. The molecule has 0 fully saturated rings. The van der Waals surface area contributed by atoms with Gasteiger partial charge in [-0.3, -0.25) is 4.68 Å². The van der Waals surface area contributed by atoms with Crippen LogP contribution in [0.5, 0.6) is 0 Å². The van der Waals surface area contributed by atoms with E-state index in [4.69, 9.17) is 11.6 Å². The van der Waals surface area contributed by atoms with E-state index in [-0.39, 0.29) is 6.04 Å². The zero-order valence-electron chi connectivity index (χ0n) is 11.9. The molecule has 0 aliphatic carbocycles. The van der Waals surface area contributed by atoms with E-state index in [9.17, 15) is 0 Å². The third-order valence-electron chi connectivity index (χ3n) is 3.59. The van der Waals surface area contributed by atoms with Gasteiger partial charge in [-0.25, -0.2) is 0 Å². The number of benzene rings is 1. The molecule has 1 unspecified atom stereocenters. The first kappa shape index (κ1) is 14.1. The van der Waals surface area contributed by atoms with Crippen LogP contribution in [0.25, 0.3) is 0 Å². The molecule has 0 aliphatic heterocycles. The third kappa shape index (κ3) is 2.82. The van der Waals surface area contributed by atoms with Crippen molar-refractivity contribution in [3.8, 4) is 0 Å². The molecular weight excluding hydrogens is 258 g/mol. The Kier molecular flexibility index (Phi) is 4.27. The Balaban J connectivity index is 2.32. The van der Waals surface area contributed by atoms with Crippen molar-refractivity contribution in [2.75, 3.05) is 7.05 Å². The number of hydrogen-bond donors (Lipinski definition) is 1. The Labute approximate surface area is 119 Å². The lowest BCUT2D eigenvalue weighted by molar-refractivity contribution is 0.587. The lowest BCUT2D eigenvalue weighted by atomic mass is 9.96. The molecule has 19 heavy (non-hydrogen) atoms. The summed E-state index contributed by atoms with van der Waals surface area (Å²) in [4.78, 5) is 0. The Bertz CT molecular complexity index is 575. The van der Waals surface area contributed by atoms with Crippen LogP contribution in [0.3, 0.4) is 0 Å². The van der Waals surface area contributed by atoms with E-state index < -0.39 is 0 Å². The SMILES string of the molecule is CNC(Cc1c(C)nn(C)c1Cl)c1ccccc1C. The number of hydrogen-bond acceptors (Lipinski definition) is 2. The van der Waals surface area contributed by atoms with Gasteiger partial charge in [0.15, 0.2) is 0 Å². The summed E-state index contributed by atoms with van der Waals surface area (Å²) >= 11 is 6.32. The average Bonchev–Trinajstić information content (AvgIpc) is 2.63. The van der Waals surface area contributed by atoms with Gasteiger partial charge in [0, 0.05) is 18.7 Å². The topological polar surface area (TPSA) is 29.9 Å². The van der Waals surface area contributed by atoms with Crippen molar-refractivity contribution < 1.29 is 0 Å². The third-order valence-corrected chi connectivity index (χ3v) is 4.06. The van der Waals surface area contributed by atoms with E-state index in [0.717, 1.165) is 22.8 Å². The molecule has 0 radical (unpaired) electrons. The van der Waals surface area contributed by atoms with Crippen LogP contribution < -0.4 is 5.32 Å². The number of likely N-dealkylation sites (N-methyl/N-ethyl adjacent to an activating group) is 1. The van der Waals surface area contributed by atoms with Crippen molar-refractivity contribution in [2.45, 2.75) is 26.3 Å². The molecule has 3 nitrogen and oxygen atoms in total. The molecule has 0 spiro atoms. The second kappa shape index (κ2) is 5.76. The van der Waals surface area contributed by atoms with Gasteiger partial charge in [-0.05, 0) is 38.4 Å². The molecule has 0 saturated heterocycles. The maximum absolute atomic E-state index is 6.32. The fraction of sp³-hybridized carbons (Fsp3) is 0.400. The van der Waals surface area contributed by atoms with E-state index in [1.807, 2.05) is 21.0 Å². The summed E-state index contributed by atoms with van der Waals surface area (Å²) in [6, 6.07) is 8.69. The molecular formula is C15H20ClN3. The van der Waals surface area contributed by atoms with Gasteiger partial charge < -0.3 is 5.32 Å². The zero-order valence-corrected chi connectivity index (χ0v) is 12.6. The van der Waals surface area contributed by atoms with Crippen LogP contribution in [0.4, 0.5) is 0 Å². The van der Waals surface area contributed by atoms with Crippen LogP contribution in [-0.4, -0.2) is 16.8 Å². The van der Waals surface area contributed by atoms with Crippen LogP contribution >= 0.6 is 11.6 Å². The highest BCUT2D eigenvalue weighted by atomic mass is 35.5. The predicted octanol–water partition coefficient (Wildman–Crippen LogP) is 3.19. The Hall–Kier alpha value is -1.32. The highest BCUT2D eigenvalue weighted by molar-refractivity contribution is 6.30. The number of halogens is 1. The maximum atomic E-state index is 6.32. The minimum Gasteiger partial charge on any atom is -0.313 e. The van der Waals surface area contributed by atoms with Crippen LogP contribution in [0.1, 0.15) is 28.4 Å². The minimum absolute atomic E-state index is 0.251. The van der Waals surface area contributed by atoms with Gasteiger partial charge in [-0.15, -0.1) is 0 Å². The lowest BCUT2D eigenvalue weighted by Gasteiger charge is -2.18. The number of nitrogens with one attached hydrogen (secondary N) is 1. The lowest BCUT2D eigenvalue weighted by Crippen LogP contribution is -2.20. The summed E-state index contributed by atoms with van der Waals surface area (Å²) in [7, 11) is 3.86. The van der Waals surface area contributed by atoms with Gasteiger partial charge in [-0.2, -0.15) is 5.10 Å². The minimum atomic E-state index is 0.251. The first-order valence-electron chi connectivity index (χ1n) is 6.45. The highest BCUT2D eigenvalue weighted by Crippen LogP contribution is 2.27. The van der Waals surface area contributed by atoms with Gasteiger partial charge in [0.25, 0.3) is 0 Å².